The van der Waals surface area contributed by atoms with E-state index in [1.807, 2.05) is 30.3 Å². The third-order valence-corrected chi connectivity index (χ3v) is 2.21. The summed E-state index contributed by atoms with van der Waals surface area (Å²) in [5.41, 5.74) is 3.54. The minimum Gasteiger partial charge on any atom is -0.302 e. The SMILES string of the molecule is O=C(Cc1cc(=O)[nH][nH]1)N/N=C/c1ccccc1. The van der Waals surface area contributed by atoms with Crippen LogP contribution in [0.5, 0.6) is 0 Å². The van der Waals surface area contributed by atoms with Crippen LogP contribution in [0.15, 0.2) is 46.3 Å². The molecule has 6 nitrogen and oxygen atoms in total. The smallest absolute Gasteiger partial charge is 0.264 e. The Labute approximate surface area is 103 Å². The van der Waals surface area contributed by atoms with E-state index in [9.17, 15) is 9.59 Å². The number of nitrogens with one attached hydrogen (secondary N) is 3. The summed E-state index contributed by atoms with van der Waals surface area (Å²) in [6, 6.07) is 10.7. The molecular weight excluding hydrogens is 232 g/mol. The quantitative estimate of drug-likeness (QED) is 0.536. The molecule has 0 unspecified atom stereocenters. The highest BCUT2D eigenvalue weighted by molar-refractivity contribution is 5.82. The van der Waals surface area contributed by atoms with E-state index in [1.165, 1.54) is 6.07 Å². The Morgan fingerprint density at radius 2 is 2.06 bits per heavy atom. The Hall–Kier alpha value is -2.63. The van der Waals surface area contributed by atoms with E-state index in [0.29, 0.717) is 5.69 Å². The molecule has 0 aliphatic heterocycles. The van der Waals surface area contributed by atoms with Gasteiger partial charge in [-0.2, -0.15) is 5.10 Å². The molecule has 0 spiro atoms. The molecule has 0 aliphatic rings. The molecule has 0 atom stereocenters. The van der Waals surface area contributed by atoms with Gasteiger partial charge in [-0.25, -0.2) is 5.43 Å². The monoisotopic (exact) mass is 244 g/mol. The van der Waals surface area contributed by atoms with Crippen molar-refractivity contribution < 1.29 is 4.79 Å². The van der Waals surface area contributed by atoms with Crippen molar-refractivity contribution in [3.63, 3.8) is 0 Å². The standard InChI is InChI=1S/C12H12N4O2/c17-11(6-10-7-12(18)16-14-10)15-13-8-9-4-2-1-3-5-9/h1-5,7-8H,6H2,(H,15,17)(H2,14,16,18)/b13-8+. The number of benzene rings is 1. The number of hydrogen-bond donors (Lipinski definition) is 3. The number of carbonyl (C=O) groups is 1. The highest BCUT2D eigenvalue weighted by Crippen LogP contribution is 1.93. The Kier molecular flexibility index (Phi) is 3.70. The molecule has 18 heavy (non-hydrogen) atoms. The third kappa shape index (κ3) is 3.44. The van der Waals surface area contributed by atoms with Crippen LogP contribution in [-0.2, 0) is 11.2 Å². The molecule has 0 bridgehead atoms. The van der Waals surface area contributed by atoms with Crippen LogP contribution in [-0.4, -0.2) is 22.3 Å². The van der Waals surface area contributed by atoms with Gasteiger partial charge < -0.3 is 5.10 Å². The number of hydrazone groups is 1. The normalized spacial score (nSPS) is 10.7. The zero-order chi connectivity index (χ0) is 12.8. The lowest BCUT2D eigenvalue weighted by atomic mass is 10.2. The van der Waals surface area contributed by atoms with Crippen LogP contribution >= 0.6 is 0 Å². The predicted molar refractivity (Wildman–Crippen MR) is 67.3 cm³/mol. The number of aromatic amines is 2. The molecule has 92 valence electrons. The number of rotatable bonds is 4. The largest absolute Gasteiger partial charge is 0.302 e. The van der Waals surface area contributed by atoms with Crippen molar-refractivity contribution in [2.24, 2.45) is 5.10 Å². The van der Waals surface area contributed by atoms with Crippen molar-refractivity contribution in [2.45, 2.75) is 6.42 Å². The second-order valence-corrected chi connectivity index (χ2v) is 3.66. The molecule has 2 aromatic rings. The molecule has 6 heteroatoms. The van der Waals surface area contributed by atoms with Crippen LogP contribution in [0.25, 0.3) is 0 Å². The third-order valence-electron chi connectivity index (χ3n) is 2.21. The van der Waals surface area contributed by atoms with Crippen molar-refractivity contribution in [3.8, 4) is 0 Å². The molecule has 1 amide bonds. The van der Waals surface area contributed by atoms with Gasteiger partial charge in [0.2, 0.25) is 5.91 Å². The van der Waals surface area contributed by atoms with Crippen molar-refractivity contribution in [1.29, 1.82) is 0 Å². The van der Waals surface area contributed by atoms with Crippen LogP contribution in [0.3, 0.4) is 0 Å². The number of H-pyrrole nitrogens is 2. The van der Waals surface area contributed by atoms with Gasteiger partial charge in [0.25, 0.3) is 5.56 Å². The van der Waals surface area contributed by atoms with Gasteiger partial charge in [-0.1, -0.05) is 30.3 Å². The summed E-state index contributed by atoms with van der Waals surface area (Å²) in [4.78, 5) is 22.3. The Bertz CT molecular complexity index is 598. The maximum absolute atomic E-state index is 11.5. The second kappa shape index (κ2) is 5.62. The fraction of sp³-hybridized carbons (Fsp3) is 0.0833. The summed E-state index contributed by atoms with van der Waals surface area (Å²) in [6.07, 6.45) is 1.63. The molecule has 0 radical (unpaired) electrons. The number of hydrogen-bond acceptors (Lipinski definition) is 3. The van der Waals surface area contributed by atoms with Crippen LogP contribution < -0.4 is 11.0 Å². The van der Waals surface area contributed by atoms with Gasteiger partial charge in [0, 0.05) is 11.8 Å². The minimum atomic E-state index is -0.294. The maximum atomic E-state index is 11.5. The van der Waals surface area contributed by atoms with Crippen molar-refractivity contribution >= 4 is 12.1 Å². The molecule has 1 heterocycles. The van der Waals surface area contributed by atoms with E-state index in [0.717, 1.165) is 5.56 Å². The maximum Gasteiger partial charge on any atom is 0.264 e. The summed E-state index contributed by atoms with van der Waals surface area (Å²) in [6.45, 7) is 0. The van der Waals surface area contributed by atoms with E-state index in [-0.39, 0.29) is 17.9 Å². The lowest BCUT2D eigenvalue weighted by Gasteiger charge is -1.97. The van der Waals surface area contributed by atoms with Gasteiger partial charge in [0.1, 0.15) is 0 Å². The molecule has 0 saturated carbocycles. The van der Waals surface area contributed by atoms with Crippen LogP contribution in [0.1, 0.15) is 11.3 Å². The highest BCUT2D eigenvalue weighted by atomic mass is 16.2. The molecule has 1 aromatic carbocycles. The van der Waals surface area contributed by atoms with Crippen molar-refractivity contribution in [2.75, 3.05) is 0 Å². The van der Waals surface area contributed by atoms with Gasteiger partial charge in [-0.05, 0) is 5.56 Å². The van der Waals surface area contributed by atoms with Gasteiger partial charge in [-0.15, -0.1) is 0 Å². The van der Waals surface area contributed by atoms with E-state index < -0.39 is 0 Å². The van der Waals surface area contributed by atoms with Crippen LogP contribution in [0, 0.1) is 0 Å². The van der Waals surface area contributed by atoms with E-state index in [4.69, 9.17) is 0 Å². The first-order valence-corrected chi connectivity index (χ1v) is 5.37. The number of carbonyl (C=O) groups excluding carboxylic acids is 1. The summed E-state index contributed by atoms with van der Waals surface area (Å²) < 4.78 is 0. The second-order valence-electron chi connectivity index (χ2n) is 3.66. The zero-order valence-corrected chi connectivity index (χ0v) is 9.51. The van der Waals surface area contributed by atoms with E-state index in [2.05, 4.69) is 20.7 Å². The topological polar surface area (TPSA) is 90.1 Å². The zero-order valence-electron chi connectivity index (χ0n) is 9.51. The Morgan fingerprint density at radius 3 is 2.72 bits per heavy atom. The molecule has 1 aromatic heterocycles. The molecular formula is C12H12N4O2. The number of nitrogens with zero attached hydrogens (tertiary/aromatic N) is 1. The molecule has 2 rings (SSSR count). The number of amides is 1. The summed E-state index contributed by atoms with van der Waals surface area (Å²) in [7, 11) is 0. The lowest BCUT2D eigenvalue weighted by Crippen LogP contribution is -2.20. The predicted octanol–water partition coefficient (Wildman–Crippen LogP) is 0.396. The summed E-state index contributed by atoms with van der Waals surface area (Å²) in [5.74, 6) is -0.294. The van der Waals surface area contributed by atoms with Crippen LogP contribution in [0.4, 0.5) is 0 Å². The van der Waals surface area contributed by atoms with E-state index in [1.54, 1.807) is 6.21 Å². The van der Waals surface area contributed by atoms with Gasteiger partial charge in [0.05, 0.1) is 12.6 Å². The Balaban J connectivity index is 1.85. The summed E-state index contributed by atoms with van der Waals surface area (Å²) >= 11 is 0. The first kappa shape index (κ1) is 11.8. The fourth-order valence-corrected chi connectivity index (χ4v) is 1.40. The number of aromatic nitrogens is 2. The van der Waals surface area contributed by atoms with Gasteiger partial charge in [-0.3, -0.25) is 14.7 Å². The first-order valence-electron chi connectivity index (χ1n) is 5.37. The molecule has 0 fully saturated rings. The lowest BCUT2D eigenvalue weighted by molar-refractivity contribution is -0.120. The van der Waals surface area contributed by atoms with Gasteiger partial charge in [0.15, 0.2) is 0 Å². The average molecular weight is 244 g/mol. The molecule has 3 N–H and O–H groups in total. The van der Waals surface area contributed by atoms with Gasteiger partial charge >= 0.3 is 0 Å². The Morgan fingerprint density at radius 1 is 1.28 bits per heavy atom. The fourth-order valence-electron chi connectivity index (χ4n) is 1.40. The van der Waals surface area contributed by atoms with Crippen molar-refractivity contribution in [1.82, 2.24) is 15.6 Å². The molecule has 0 aliphatic carbocycles. The summed E-state index contributed by atoms with van der Waals surface area (Å²) in [5, 5.41) is 8.77. The first-order chi connectivity index (χ1) is 8.74. The minimum absolute atomic E-state index is 0.0743. The highest BCUT2D eigenvalue weighted by Gasteiger charge is 2.03. The van der Waals surface area contributed by atoms with E-state index >= 15 is 0 Å². The average Bonchev–Trinajstić information content (AvgIpc) is 2.76. The molecule has 0 saturated heterocycles. The van der Waals surface area contributed by atoms with Crippen LogP contribution in [0.2, 0.25) is 0 Å². The van der Waals surface area contributed by atoms with Crippen molar-refractivity contribution in [3.05, 3.63) is 58.0 Å².